The van der Waals surface area contributed by atoms with Crippen LogP contribution in [0.1, 0.15) is 42.8 Å². The van der Waals surface area contributed by atoms with E-state index in [4.69, 9.17) is 4.74 Å². The molecule has 1 aliphatic heterocycles. The fourth-order valence-corrected chi connectivity index (χ4v) is 3.89. The molecule has 0 fully saturated rings. The van der Waals surface area contributed by atoms with Gasteiger partial charge in [0.2, 0.25) is 0 Å². The second-order valence-electron chi connectivity index (χ2n) is 7.56. The minimum atomic E-state index is -0.979. The van der Waals surface area contributed by atoms with Crippen LogP contribution in [-0.2, 0) is 27.3 Å². The number of rotatable bonds is 6. The van der Waals surface area contributed by atoms with Crippen molar-refractivity contribution in [3.05, 3.63) is 58.4 Å². The number of aryl methyl sites for hydroxylation is 1. The smallest absolute Gasteiger partial charge is 0.349 e. The maximum Gasteiger partial charge on any atom is 0.349 e. The number of nitriles is 1. The van der Waals surface area contributed by atoms with Crippen LogP contribution in [0, 0.1) is 25.2 Å². The van der Waals surface area contributed by atoms with Crippen molar-refractivity contribution in [2.45, 2.75) is 53.2 Å². The van der Waals surface area contributed by atoms with Crippen molar-refractivity contribution >= 4 is 23.6 Å². The lowest BCUT2D eigenvalue weighted by molar-refractivity contribution is -0.149. The molecule has 1 aliphatic rings. The second-order valence-corrected chi connectivity index (χ2v) is 7.56. The Hall–Kier alpha value is -3.33. The van der Waals surface area contributed by atoms with Crippen LogP contribution in [0.15, 0.2) is 35.9 Å². The molecule has 2 aromatic rings. The molecular formula is C24H27N3O3. The van der Waals surface area contributed by atoms with Crippen molar-refractivity contribution in [1.29, 1.82) is 5.26 Å². The van der Waals surface area contributed by atoms with Crippen LogP contribution in [0.3, 0.4) is 0 Å². The summed E-state index contributed by atoms with van der Waals surface area (Å²) in [5, 5.41) is 9.50. The lowest BCUT2D eigenvalue weighted by Gasteiger charge is -2.21. The normalized spacial score (nSPS) is 14.2. The van der Waals surface area contributed by atoms with Crippen LogP contribution in [0.25, 0.3) is 6.08 Å². The maximum atomic E-state index is 12.8. The number of carbonyl (C=O) groups is 2. The molecule has 30 heavy (non-hydrogen) atoms. The van der Waals surface area contributed by atoms with Crippen LogP contribution in [0.4, 0.5) is 5.69 Å². The first-order valence-electron chi connectivity index (χ1n) is 10.3. The molecule has 6 heteroatoms. The van der Waals surface area contributed by atoms with E-state index in [0.29, 0.717) is 6.54 Å². The molecule has 0 saturated carbocycles. The Morgan fingerprint density at radius 1 is 1.30 bits per heavy atom. The maximum absolute atomic E-state index is 12.8. The highest BCUT2D eigenvalue weighted by molar-refractivity contribution is 6.02. The Bertz CT molecular complexity index is 1040. The van der Waals surface area contributed by atoms with E-state index in [0.717, 1.165) is 47.6 Å². The molecule has 0 N–H and O–H groups in total. The highest BCUT2D eigenvalue weighted by Gasteiger charge is 2.30. The first-order valence-corrected chi connectivity index (χ1v) is 10.3. The third-order valence-electron chi connectivity index (χ3n) is 5.48. The van der Waals surface area contributed by atoms with Gasteiger partial charge in [-0.3, -0.25) is 4.79 Å². The Balaban J connectivity index is 1.74. The largest absolute Gasteiger partial charge is 0.448 e. The summed E-state index contributed by atoms with van der Waals surface area (Å²) in [7, 11) is 0. The lowest BCUT2D eigenvalue weighted by atomic mass is 10.1. The van der Waals surface area contributed by atoms with Crippen molar-refractivity contribution in [2.24, 2.45) is 0 Å². The predicted octanol–water partition coefficient (Wildman–Crippen LogP) is 3.94. The number of hydrogen-bond donors (Lipinski definition) is 0. The average molecular weight is 405 g/mol. The zero-order chi connectivity index (χ0) is 21.8. The molecule has 0 unspecified atom stereocenters. The van der Waals surface area contributed by atoms with Gasteiger partial charge in [0.05, 0.1) is 0 Å². The predicted molar refractivity (Wildman–Crippen MR) is 116 cm³/mol. The molecule has 0 spiro atoms. The Morgan fingerprint density at radius 2 is 2.03 bits per heavy atom. The molecule has 156 valence electrons. The number of aromatic nitrogens is 1. The summed E-state index contributed by atoms with van der Waals surface area (Å²) in [6.45, 7) is 9.04. The molecule has 1 amide bonds. The van der Waals surface area contributed by atoms with E-state index in [2.05, 4.69) is 11.5 Å². The van der Waals surface area contributed by atoms with Crippen LogP contribution in [0.5, 0.6) is 0 Å². The Labute approximate surface area is 177 Å². The molecular weight excluding hydrogens is 378 g/mol. The molecule has 0 saturated heterocycles. The SMILES string of the molecule is CCCn1c(C)cc(/C=C(\C#N)C(=O)O[C@H](C)C(=O)N2CCc3ccccc32)c1C. The number of benzene rings is 1. The molecule has 0 aliphatic carbocycles. The zero-order valence-electron chi connectivity index (χ0n) is 17.9. The van der Waals surface area contributed by atoms with Gasteiger partial charge in [-0.15, -0.1) is 0 Å². The van der Waals surface area contributed by atoms with Crippen LogP contribution >= 0.6 is 0 Å². The average Bonchev–Trinajstić information content (AvgIpc) is 3.27. The third kappa shape index (κ3) is 4.16. The first kappa shape index (κ1) is 21.4. The first-order chi connectivity index (χ1) is 14.4. The third-order valence-corrected chi connectivity index (χ3v) is 5.48. The molecule has 6 nitrogen and oxygen atoms in total. The Kier molecular flexibility index (Phi) is 6.41. The van der Waals surface area contributed by atoms with Crippen LogP contribution < -0.4 is 4.90 Å². The van der Waals surface area contributed by atoms with Gasteiger partial charge in [0.25, 0.3) is 5.91 Å². The number of carbonyl (C=O) groups excluding carboxylic acids is 2. The zero-order valence-corrected chi connectivity index (χ0v) is 17.9. The molecule has 0 bridgehead atoms. The van der Waals surface area contributed by atoms with Crippen molar-refractivity contribution in [1.82, 2.24) is 4.57 Å². The topological polar surface area (TPSA) is 75.3 Å². The summed E-state index contributed by atoms with van der Waals surface area (Å²) in [6, 6.07) is 11.6. The monoisotopic (exact) mass is 405 g/mol. The summed E-state index contributed by atoms with van der Waals surface area (Å²) in [5.74, 6) is -1.07. The van der Waals surface area contributed by atoms with Gasteiger partial charge in [-0.2, -0.15) is 5.26 Å². The van der Waals surface area contributed by atoms with E-state index in [1.807, 2.05) is 50.2 Å². The van der Waals surface area contributed by atoms with E-state index in [1.54, 1.807) is 17.9 Å². The molecule has 1 aromatic heterocycles. The molecule has 3 rings (SSSR count). The van der Waals surface area contributed by atoms with E-state index in [9.17, 15) is 14.9 Å². The van der Waals surface area contributed by atoms with Gasteiger partial charge < -0.3 is 14.2 Å². The van der Waals surface area contributed by atoms with Crippen molar-refractivity contribution in [3.8, 4) is 6.07 Å². The molecule has 2 heterocycles. The van der Waals surface area contributed by atoms with Crippen molar-refractivity contribution in [2.75, 3.05) is 11.4 Å². The highest BCUT2D eigenvalue weighted by Crippen LogP contribution is 2.28. The van der Waals surface area contributed by atoms with Gasteiger partial charge in [0.1, 0.15) is 11.6 Å². The highest BCUT2D eigenvalue weighted by atomic mass is 16.5. The van der Waals surface area contributed by atoms with Gasteiger partial charge in [0.15, 0.2) is 6.10 Å². The lowest BCUT2D eigenvalue weighted by Crippen LogP contribution is -2.39. The fourth-order valence-electron chi connectivity index (χ4n) is 3.89. The quantitative estimate of drug-likeness (QED) is 0.414. The number of anilines is 1. The summed E-state index contributed by atoms with van der Waals surface area (Å²) >= 11 is 0. The van der Waals surface area contributed by atoms with Gasteiger partial charge in [-0.05, 0) is 62.9 Å². The standard InChI is InChI=1S/C24H27N3O3/c1-5-11-26-16(2)13-20(17(26)3)14-21(15-25)24(29)30-18(4)23(28)27-12-10-19-8-6-7-9-22(19)27/h6-9,13-14,18H,5,10-12H2,1-4H3/b21-14+/t18-/m1/s1. The number of para-hydroxylation sites is 1. The summed E-state index contributed by atoms with van der Waals surface area (Å²) < 4.78 is 7.52. The van der Waals surface area contributed by atoms with E-state index < -0.39 is 12.1 Å². The summed E-state index contributed by atoms with van der Waals surface area (Å²) in [5.41, 5.74) is 4.71. The molecule has 1 aromatic carbocycles. The number of amides is 1. The minimum Gasteiger partial charge on any atom is -0.448 e. The fraction of sp³-hybridized carbons (Fsp3) is 0.375. The minimum absolute atomic E-state index is 0.117. The second kappa shape index (κ2) is 9.00. The summed E-state index contributed by atoms with van der Waals surface area (Å²) in [6.07, 6.45) is 2.33. The molecule has 1 atom stereocenters. The summed E-state index contributed by atoms with van der Waals surface area (Å²) in [4.78, 5) is 27.1. The number of ether oxygens (including phenoxy) is 1. The van der Waals surface area contributed by atoms with E-state index in [1.165, 1.54) is 0 Å². The van der Waals surface area contributed by atoms with Gasteiger partial charge in [0, 0.05) is 30.2 Å². The van der Waals surface area contributed by atoms with Crippen molar-refractivity contribution in [3.63, 3.8) is 0 Å². The van der Waals surface area contributed by atoms with Gasteiger partial charge >= 0.3 is 5.97 Å². The van der Waals surface area contributed by atoms with Gasteiger partial charge in [-0.1, -0.05) is 25.1 Å². The van der Waals surface area contributed by atoms with Crippen LogP contribution in [-0.4, -0.2) is 29.1 Å². The van der Waals surface area contributed by atoms with E-state index in [-0.39, 0.29) is 11.5 Å². The van der Waals surface area contributed by atoms with E-state index >= 15 is 0 Å². The number of hydrogen-bond acceptors (Lipinski definition) is 4. The number of fused-ring (bicyclic) bond motifs is 1. The Morgan fingerprint density at radius 3 is 2.73 bits per heavy atom. The number of nitrogens with zero attached hydrogens (tertiary/aromatic N) is 3. The van der Waals surface area contributed by atoms with Crippen LogP contribution in [0.2, 0.25) is 0 Å². The van der Waals surface area contributed by atoms with Crippen molar-refractivity contribution < 1.29 is 14.3 Å². The number of esters is 1. The molecule has 0 radical (unpaired) electrons. The van der Waals surface area contributed by atoms with Gasteiger partial charge in [-0.25, -0.2) is 4.79 Å².